The molecule has 0 bridgehead atoms. The molecule has 0 amide bonds. The van der Waals surface area contributed by atoms with E-state index in [4.69, 9.17) is 4.74 Å². The molecular formula is C18H18N2O. The normalized spacial score (nSPS) is 10.5. The lowest BCUT2D eigenvalue weighted by Gasteiger charge is -2.07. The second-order valence-corrected chi connectivity index (χ2v) is 4.90. The molecule has 0 saturated heterocycles. The van der Waals surface area contributed by atoms with Crippen LogP contribution in [0.5, 0.6) is 5.75 Å². The lowest BCUT2D eigenvalue weighted by Crippen LogP contribution is -2.06. The minimum atomic E-state index is 0.859. The third kappa shape index (κ3) is 3.31. The molecule has 3 heteroatoms. The Morgan fingerprint density at radius 1 is 0.952 bits per heavy atom. The van der Waals surface area contributed by atoms with Gasteiger partial charge < -0.3 is 10.1 Å². The molecule has 0 aliphatic carbocycles. The summed E-state index contributed by atoms with van der Waals surface area (Å²) in [6, 6.07) is 20.4. The zero-order chi connectivity index (χ0) is 14.5. The number of aromatic nitrogens is 1. The van der Waals surface area contributed by atoms with Crippen LogP contribution in [0.3, 0.4) is 0 Å². The zero-order valence-electron chi connectivity index (χ0n) is 12.0. The summed E-state index contributed by atoms with van der Waals surface area (Å²) in [6.45, 7) is 0.859. The summed E-state index contributed by atoms with van der Waals surface area (Å²) >= 11 is 0. The maximum Gasteiger partial charge on any atom is 0.119 e. The van der Waals surface area contributed by atoms with Crippen LogP contribution < -0.4 is 10.1 Å². The first-order valence-corrected chi connectivity index (χ1v) is 7.08. The molecule has 0 atom stereocenters. The first kappa shape index (κ1) is 13.4. The van der Waals surface area contributed by atoms with Gasteiger partial charge in [-0.1, -0.05) is 24.3 Å². The minimum absolute atomic E-state index is 0.859. The number of para-hydroxylation sites is 1. The van der Waals surface area contributed by atoms with Gasteiger partial charge in [0.05, 0.1) is 12.6 Å². The van der Waals surface area contributed by atoms with Crippen LogP contribution in [-0.2, 0) is 6.42 Å². The fourth-order valence-corrected chi connectivity index (χ4v) is 2.29. The van der Waals surface area contributed by atoms with Gasteiger partial charge in [-0.15, -0.1) is 0 Å². The highest BCUT2D eigenvalue weighted by Crippen LogP contribution is 2.15. The van der Waals surface area contributed by atoms with Gasteiger partial charge in [0, 0.05) is 29.7 Å². The van der Waals surface area contributed by atoms with E-state index in [1.807, 2.05) is 36.4 Å². The molecule has 1 heterocycles. The van der Waals surface area contributed by atoms with Gasteiger partial charge in [0.25, 0.3) is 0 Å². The van der Waals surface area contributed by atoms with Crippen LogP contribution in [0.15, 0.2) is 60.7 Å². The number of anilines is 1. The Bertz CT molecular complexity index is 723. The number of pyridine rings is 1. The monoisotopic (exact) mass is 278 g/mol. The predicted octanol–water partition coefficient (Wildman–Crippen LogP) is 3.90. The molecule has 0 unspecified atom stereocenters. The molecule has 3 rings (SSSR count). The Kier molecular flexibility index (Phi) is 4.01. The zero-order valence-corrected chi connectivity index (χ0v) is 12.0. The van der Waals surface area contributed by atoms with Crippen LogP contribution in [0, 0.1) is 0 Å². The smallest absolute Gasteiger partial charge is 0.119 e. The molecule has 0 spiro atoms. The maximum absolute atomic E-state index is 5.15. The van der Waals surface area contributed by atoms with Crippen molar-refractivity contribution in [3.05, 3.63) is 66.4 Å². The molecule has 0 aliphatic rings. The summed E-state index contributed by atoms with van der Waals surface area (Å²) in [5.41, 5.74) is 3.26. The van der Waals surface area contributed by atoms with Crippen molar-refractivity contribution in [2.75, 3.05) is 19.0 Å². The van der Waals surface area contributed by atoms with Crippen molar-refractivity contribution in [3.8, 4) is 5.75 Å². The van der Waals surface area contributed by atoms with E-state index in [1.54, 1.807) is 7.11 Å². The second kappa shape index (κ2) is 6.27. The molecule has 0 saturated carbocycles. The summed E-state index contributed by atoms with van der Waals surface area (Å²) in [5, 5.41) is 4.58. The number of ether oxygens (including phenoxy) is 1. The van der Waals surface area contributed by atoms with Gasteiger partial charge in [-0.05, 0) is 36.4 Å². The van der Waals surface area contributed by atoms with Gasteiger partial charge in [-0.3, -0.25) is 4.98 Å². The number of nitrogens with one attached hydrogen (secondary N) is 1. The van der Waals surface area contributed by atoms with Crippen molar-refractivity contribution in [1.29, 1.82) is 0 Å². The van der Waals surface area contributed by atoms with Gasteiger partial charge in [0.2, 0.25) is 0 Å². The van der Waals surface area contributed by atoms with Crippen molar-refractivity contribution in [3.63, 3.8) is 0 Å². The van der Waals surface area contributed by atoms with E-state index in [-0.39, 0.29) is 0 Å². The van der Waals surface area contributed by atoms with Crippen LogP contribution in [0.2, 0.25) is 0 Å². The summed E-state index contributed by atoms with van der Waals surface area (Å²) in [5.74, 6) is 0.872. The third-order valence-corrected chi connectivity index (χ3v) is 3.46. The van der Waals surface area contributed by atoms with E-state index in [0.29, 0.717) is 0 Å². The van der Waals surface area contributed by atoms with Gasteiger partial charge in [-0.2, -0.15) is 0 Å². The van der Waals surface area contributed by atoms with Crippen LogP contribution in [0.25, 0.3) is 10.9 Å². The topological polar surface area (TPSA) is 34.1 Å². The number of nitrogens with zero attached hydrogens (tertiary/aromatic N) is 1. The Morgan fingerprint density at radius 3 is 2.57 bits per heavy atom. The Labute approximate surface area is 124 Å². The van der Waals surface area contributed by atoms with Crippen LogP contribution in [0.4, 0.5) is 5.69 Å². The number of methoxy groups -OCH3 is 1. The third-order valence-electron chi connectivity index (χ3n) is 3.46. The van der Waals surface area contributed by atoms with Crippen LogP contribution in [0.1, 0.15) is 5.69 Å². The average Bonchev–Trinajstić information content (AvgIpc) is 2.55. The number of rotatable bonds is 5. The molecule has 1 N–H and O–H groups in total. The van der Waals surface area contributed by atoms with Crippen molar-refractivity contribution in [2.24, 2.45) is 0 Å². The molecule has 3 nitrogen and oxygen atoms in total. The maximum atomic E-state index is 5.15. The largest absolute Gasteiger partial charge is 0.497 e. The van der Waals surface area contributed by atoms with E-state index in [0.717, 1.165) is 35.6 Å². The summed E-state index contributed by atoms with van der Waals surface area (Å²) in [7, 11) is 1.67. The fraction of sp³-hybridized carbons (Fsp3) is 0.167. The number of fused-ring (bicyclic) bond motifs is 1. The predicted molar refractivity (Wildman–Crippen MR) is 86.9 cm³/mol. The Balaban J connectivity index is 1.60. The molecule has 1 aromatic heterocycles. The first-order chi connectivity index (χ1) is 10.3. The van der Waals surface area contributed by atoms with Gasteiger partial charge in [-0.25, -0.2) is 0 Å². The molecule has 0 fully saturated rings. The van der Waals surface area contributed by atoms with E-state index in [2.05, 4.69) is 34.6 Å². The standard InChI is InChI=1S/C18H18N2O/c1-21-17-10-8-15(9-11-17)19-13-12-16-7-6-14-4-2-3-5-18(14)20-16/h2-11,19H,12-13H2,1H3. The van der Waals surface area contributed by atoms with Gasteiger partial charge in [0.15, 0.2) is 0 Å². The second-order valence-electron chi connectivity index (χ2n) is 4.90. The highest BCUT2D eigenvalue weighted by Gasteiger charge is 1.99. The number of hydrogen-bond acceptors (Lipinski definition) is 3. The molecule has 2 aromatic carbocycles. The first-order valence-electron chi connectivity index (χ1n) is 7.08. The van der Waals surface area contributed by atoms with Gasteiger partial charge in [0.1, 0.15) is 5.75 Å². The van der Waals surface area contributed by atoms with Crippen LogP contribution in [-0.4, -0.2) is 18.6 Å². The molecule has 106 valence electrons. The number of benzene rings is 2. The van der Waals surface area contributed by atoms with E-state index < -0.39 is 0 Å². The molecule has 0 radical (unpaired) electrons. The quantitative estimate of drug-likeness (QED) is 0.768. The van der Waals surface area contributed by atoms with Crippen molar-refractivity contribution in [1.82, 2.24) is 4.98 Å². The van der Waals surface area contributed by atoms with Crippen LogP contribution >= 0.6 is 0 Å². The molecule has 3 aromatic rings. The Hall–Kier alpha value is -2.55. The highest BCUT2D eigenvalue weighted by molar-refractivity contribution is 5.78. The van der Waals surface area contributed by atoms with Crippen molar-refractivity contribution < 1.29 is 4.74 Å². The van der Waals surface area contributed by atoms with Crippen molar-refractivity contribution in [2.45, 2.75) is 6.42 Å². The average molecular weight is 278 g/mol. The minimum Gasteiger partial charge on any atom is -0.497 e. The Morgan fingerprint density at radius 2 is 1.76 bits per heavy atom. The summed E-state index contributed by atoms with van der Waals surface area (Å²) in [4.78, 5) is 4.67. The summed E-state index contributed by atoms with van der Waals surface area (Å²) < 4.78 is 5.15. The van der Waals surface area contributed by atoms with E-state index in [9.17, 15) is 0 Å². The fourth-order valence-electron chi connectivity index (χ4n) is 2.29. The molecule has 0 aliphatic heterocycles. The van der Waals surface area contributed by atoms with E-state index >= 15 is 0 Å². The summed E-state index contributed by atoms with van der Waals surface area (Å²) in [6.07, 6.45) is 0.900. The van der Waals surface area contributed by atoms with E-state index in [1.165, 1.54) is 5.39 Å². The SMILES string of the molecule is COc1ccc(NCCc2ccc3ccccc3n2)cc1. The molecular weight excluding hydrogens is 260 g/mol. The van der Waals surface area contributed by atoms with Crippen molar-refractivity contribution >= 4 is 16.6 Å². The van der Waals surface area contributed by atoms with Gasteiger partial charge >= 0.3 is 0 Å². The number of hydrogen-bond donors (Lipinski definition) is 1. The lowest BCUT2D eigenvalue weighted by atomic mass is 10.2. The molecule has 21 heavy (non-hydrogen) atoms. The lowest BCUT2D eigenvalue weighted by molar-refractivity contribution is 0.415. The highest BCUT2D eigenvalue weighted by atomic mass is 16.5.